The van der Waals surface area contributed by atoms with Gasteiger partial charge >= 0.3 is 5.97 Å². The number of likely N-dealkylation sites (tertiary alicyclic amines) is 1. The maximum absolute atomic E-state index is 11.8. The first-order chi connectivity index (χ1) is 13.5. The van der Waals surface area contributed by atoms with Crippen molar-refractivity contribution in [3.63, 3.8) is 0 Å². The molecule has 7 nitrogen and oxygen atoms in total. The fraction of sp³-hybridized carbons (Fsp3) is 0.619. The van der Waals surface area contributed by atoms with Crippen LogP contribution in [0.5, 0.6) is 5.75 Å². The zero-order valence-electron chi connectivity index (χ0n) is 17.8. The number of esters is 1. The third kappa shape index (κ3) is 5.61. The maximum atomic E-state index is 11.8. The van der Waals surface area contributed by atoms with E-state index >= 15 is 0 Å². The van der Waals surface area contributed by atoms with Gasteiger partial charge in [-0.15, -0.1) is 0 Å². The summed E-state index contributed by atoms with van der Waals surface area (Å²) < 4.78 is 10.4. The van der Waals surface area contributed by atoms with Crippen LogP contribution >= 0.6 is 0 Å². The Morgan fingerprint density at radius 3 is 2.54 bits per heavy atom. The third-order valence-corrected chi connectivity index (χ3v) is 5.20. The van der Waals surface area contributed by atoms with E-state index in [-0.39, 0.29) is 17.9 Å². The van der Waals surface area contributed by atoms with E-state index in [9.17, 15) is 4.79 Å². The van der Waals surface area contributed by atoms with Crippen LogP contribution < -0.4 is 10.1 Å². The predicted octanol–water partition coefficient (Wildman–Crippen LogP) is 2.15. The Labute approximate surface area is 168 Å². The smallest absolute Gasteiger partial charge is 0.308 e. The van der Waals surface area contributed by atoms with Gasteiger partial charge in [0.2, 0.25) is 0 Å². The Kier molecular flexibility index (Phi) is 8.57. The van der Waals surface area contributed by atoms with E-state index in [0.29, 0.717) is 6.54 Å². The zero-order chi connectivity index (χ0) is 20.5. The average Bonchev–Trinajstić information content (AvgIpc) is 2.72. The Bertz CT molecular complexity index is 655. The number of para-hydroxylation sites is 1. The van der Waals surface area contributed by atoms with Gasteiger partial charge < -0.3 is 24.6 Å². The summed E-state index contributed by atoms with van der Waals surface area (Å²) in [5, 5.41) is 3.39. The molecule has 156 valence electrons. The number of likely N-dealkylation sites (N-methyl/N-ethyl adjacent to an activating group) is 1. The number of hydrogen-bond acceptors (Lipinski definition) is 5. The second-order valence-electron chi connectivity index (χ2n) is 7.20. The molecule has 1 N–H and O–H groups in total. The second kappa shape index (κ2) is 10.9. The third-order valence-electron chi connectivity index (χ3n) is 5.20. The number of nitrogens with one attached hydrogen (secondary N) is 1. The maximum Gasteiger partial charge on any atom is 0.308 e. The van der Waals surface area contributed by atoms with Crippen LogP contribution in [-0.4, -0.2) is 76.2 Å². The molecular weight excluding hydrogens is 356 g/mol. The van der Waals surface area contributed by atoms with Crippen molar-refractivity contribution >= 4 is 11.9 Å². The van der Waals surface area contributed by atoms with Crippen LogP contribution in [0, 0.1) is 5.92 Å². The minimum atomic E-state index is -0.106. The molecule has 2 rings (SSSR count). The van der Waals surface area contributed by atoms with E-state index < -0.39 is 0 Å². The molecule has 7 heteroatoms. The van der Waals surface area contributed by atoms with E-state index in [1.807, 2.05) is 18.2 Å². The summed E-state index contributed by atoms with van der Waals surface area (Å²) in [7, 11) is 7.27. The number of aliphatic imine (C=N–C) groups is 1. The van der Waals surface area contributed by atoms with Crippen molar-refractivity contribution in [1.82, 2.24) is 15.1 Å². The fourth-order valence-electron chi connectivity index (χ4n) is 3.57. The normalized spacial score (nSPS) is 16.8. The quantitative estimate of drug-likeness (QED) is 0.437. The number of methoxy groups -OCH3 is 2. The van der Waals surface area contributed by atoms with Crippen LogP contribution in [0.25, 0.3) is 0 Å². The second-order valence-corrected chi connectivity index (χ2v) is 7.20. The Morgan fingerprint density at radius 2 is 1.96 bits per heavy atom. The number of piperidine rings is 1. The first kappa shape index (κ1) is 22.0. The topological polar surface area (TPSA) is 66.4 Å². The van der Waals surface area contributed by atoms with Gasteiger partial charge in [-0.3, -0.25) is 9.79 Å². The molecule has 0 saturated carbocycles. The minimum absolute atomic E-state index is 0.00719. The molecule has 0 aliphatic carbocycles. The van der Waals surface area contributed by atoms with Gasteiger partial charge in [-0.25, -0.2) is 0 Å². The molecular formula is C21H34N4O3. The number of rotatable bonds is 7. The van der Waals surface area contributed by atoms with Crippen molar-refractivity contribution in [2.45, 2.75) is 25.8 Å². The molecule has 28 heavy (non-hydrogen) atoms. The van der Waals surface area contributed by atoms with Crippen molar-refractivity contribution in [3.05, 3.63) is 29.8 Å². The summed E-state index contributed by atoms with van der Waals surface area (Å²) in [5.41, 5.74) is 1.12. The van der Waals surface area contributed by atoms with Crippen LogP contribution in [0.2, 0.25) is 0 Å². The highest BCUT2D eigenvalue weighted by molar-refractivity contribution is 5.80. The molecule has 1 atom stereocenters. The Morgan fingerprint density at radius 1 is 1.29 bits per heavy atom. The van der Waals surface area contributed by atoms with Crippen LogP contribution in [0.1, 0.15) is 31.4 Å². The summed E-state index contributed by atoms with van der Waals surface area (Å²) in [4.78, 5) is 21.1. The zero-order valence-corrected chi connectivity index (χ0v) is 17.8. The number of hydrogen-bond donors (Lipinski definition) is 1. The summed E-state index contributed by atoms with van der Waals surface area (Å²) in [6, 6.07) is 8.19. The van der Waals surface area contributed by atoms with Crippen LogP contribution in [0.4, 0.5) is 0 Å². The number of nitrogens with zero attached hydrogens (tertiary/aromatic N) is 3. The molecule has 1 unspecified atom stereocenters. The molecule has 1 aromatic carbocycles. The SMILES string of the molecule is CCNC(=NCC(c1ccccc1OC)N(C)C)N1CCC(C(=O)OC)CC1. The van der Waals surface area contributed by atoms with Crippen molar-refractivity contribution in [3.8, 4) is 5.75 Å². The van der Waals surface area contributed by atoms with Gasteiger partial charge in [-0.05, 0) is 39.9 Å². The first-order valence-corrected chi connectivity index (χ1v) is 9.92. The van der Waals surface area contributed by atoms with E-state index in [1.54, 1.807) is 7.11 Å². The lowest BCUT2D eigenvalue weighted by Crippen LogP contribution is -2.47. The molecule has 1 aliphatic heterocycles. The number of carbonyl (C=O) groups is 1. The number of carbonyl (C=O) groups excluding carboxylic acids is 1. The van der Waals surface area contributed by atoms with E-state index in [2.05, 4.69) is 42.2 Å². The summed E-state index contributed by atoms with van der Waals surface area (Å²) in [6.07, 6.45) is 1.58. The highest BCUT2D eigenvalue weighted by Crippen LogP contribution is 2.28. The molecule has 0 spiro atoms. The predicted molar refractivity (Wildman–Crippen MR) is 112 cm³/mol. The van der Waals surface area contributed by atoms with E-state index in [1.165, 1.54) is 7.11 Å². The molecule has 0 radical (unpaired) electrons. The van der Waals surface area contributed by atoms with Gasteiger partial charge in [-0.1, -0.05) is 18.2 Å². The lowest BCUT2D eigenvalue weighted by atomic mass is 9.97. The molecule has 1 saturated heterocycles. The molecule has 0 bridgehead atoms. The molecule has 0 amide bonds. The Balaban J connectivity index is 2.13. The number of guanidine groups is 1. The number of benzene rings is 1. The monoisotopic (exact) mass is 390 g/mol. The molecule has 1 aliphatic rings. The largest absolute Gasteiger partial charge is 0.496 e. The molecule has 1 aromatic rings. The van der Waals surface area contributed by atoms with Gasteiger partial charge in [0.15, 0.2) is 5.96 Å². The minimum Gasteiger partial charge on any atom is -0.496 e. The lowest BCUT2D eigenvalue weighted by molar-refractivity contribution is -0.146. The van der Waals surface area contributed by atoms with E-state index in [0.717, 1.165) is 49.7 Å². The van der Waals surface area contributed by atoms with Crippen molar-refractivity contribution < 1.29 is 14.3 Å². The van der Waals surface area contributed by atoms with Gasteiger partial charge in [-0.2, -0.15) is 0 Å². The molecule has 1 heterocycles. The molecule has 0 aromatic heterocycles. The fourth-order valence-corrected chi connectivity index (χ4v) is 3.57. The standard InChI is InChI=1S/C21H34N4O3/c1-6-22-21(25-13-11-16(12-14-25)20(26)28-5)23-15-18(24(2)3)17-9-7-8-10-19(17)27-4/h7-10,16,18H,6,11-15H2,1-5H3,(H,22,23). The van der Waals surface area contributed by atoms with Crippen molar-refractivity contribution in [2.24, 2.45) is 10.9 Å². The van der Waals surface area contributed by atoms with Gasteiger partial charge in [0.1, 0.15) is 5.75 Å². The van der Waals surface area contributed by atoms with Crippen LogP contribution in [0.15, 0.2) is 29.3 Å². The first-order valence-electron chi connectivity index (χ1n) is 9.92. The summed E-state index contributed by atoms with van der Waals surface area (Å²) in [6.45, 7) is 5.09. The van der Waals surface area contributed by atoms with Crippen LogP contribution in [-0.2, 0) is 9.53 Å². The van der Waals surface area contributed by atoms with Crippen molar-refractivity contribution in [1.29, 1.82) is 0 Å². The highest BCUT2D eigenvalue weighted by atomic mass is 16.5. The summed E-state index contributed by atoms with van der Waals surface area (Å²) in [5.74, 6) is 1.66. The molecule has 1 fully saturated rings. The van der Waals surface area contributed by atoms with Gasteiger partial charge in [0.05, 0.1) is 32.7 Å². The van der Waals surface area contributed by atoms with Gasteiger partial charge in [0, 0.05) is 25.2 Å². The Hall–Kier alpha value is -2.28. The summed E-state index contributed by atoms with van der Waals surface area (Å²) >= 11 is 0. The van der Waals surface area contributed by atoms with Crippen LogP contribution in [0.3, 0.4) is 0 Å². The van der Waals surface area contributed by atoms with E-state index in [4.69, 9.17) is 14.5 Å². The lowest BCUT2D eigenvalue weighted by Gasteiger charge is -2.33. The average molecular weight is 391 g/mol. The van der Waals surface area contributed by atoms with Gasteiger partial charge in [0.25, 0.3) is 0 Å². The number of ether oxygens (including phenoxy) is 2. The van der Waals surface area contributed by atoms with Crippen molar-refractivity contribution in [2.75, 3.05) is 54.5 Å². The highest BCUT2D eigenvalue weighted by Gasteiger charge is 2.27.